The third-order valence-corrected chi connectivity index (χ3v) is 4.18. The number of aliphatic hydroxyl groups excluding tert-OH is 1. The van der Waals surface area contributed by atoms with Crippen molar-refractivity contribution in [3.8, 4) is 23.7 Å². The van der Waals surface area contributed by atoms with Crippen LogP contribution in [0.25, 0.3) is 0 Å². The number of carbonyl (C=O) groups excluding carboxylic acids is 3. The van der Waals surface area contributed by atoms with Crippen LogP contribution in [0.1, 0.15) is 29.8 Å². The van der Waals surface area contributed by atoms with Crippen LogP contribution in [0.4, 0.5) is 0 Å². The van der Waals surface area contributed by atoms with Crippen LogP contribution in [-0.2, 0) is 9.59 Å². The molecule has 0 aliphatic rings. The smallest absolute Gasteiger partial charge is 0.278 e. The maximum absolute atomic E-state index is 12.7. The Morgan fingerprint density at radius 3 is 2.29 bits per heavy atom. The summed E-state index contributed by atoms with van der Waals surface area (Å²) in [7, 11) is 2.61. The molecule has 3 amide bonds. The molecule has 148 valence electrons. The molecular weight excluding hydrogens is 362 g/mol. The molecule has 28 heavy (non-hydrogen) atoms. The first kappa shape index (κ1) is 22.7. The first-order chi connectivity index (χ1) is 13.2. The molecule has 0 spiro atoms. The zero-order valence-corrected chi connectivity index (χ0v) is 16.2. The van der Waals surface area contributed by atoms with Crippen LogP contribution >= 0.6 is 0 Å². The molecule has 1 aromatic rings. The van der Waals surface area contributed by atoms with Crippen LogP contribution in [0.2, 0.25) is 0 Å². The molecule has 1 aromatic carbocycles. The lowest BCUT2D eigenvalue weighted by molar-refractivity contribution is -0.148. The number of rotatable bonds is 5. The highest BCUT2D eigenvalue weighted by Crippen LogP contribution is 2.18. The quantitative estimate of drug-likeness (QED) is 0.241. The number of amides is 3. The van der Waals surface area contributed by atoms with Gasteiger partial charge in [-0.3, -0.25) is 19.6 Å². The molecule has 0 aliphatic carbocycles. The van der Waals surface area contributed by atoms with E-state index in [4.69, 9.17) is 10.3 Å². The Hall–Kier alpha value is -3.33. The van der Waals surface area contributed by atoms with Gasteiger partial charge in [0.25, 0.3) is 17.7 Å². The zero-order chi connectivity index (χ0) is 21.3. The molecule has 0 fully saturated rings. The van der Waals surface area contributed by atoms with Crippen molar-refractivity contribution in [1.29, 1.82) is 0 Å². The van der Waals surface area contributed by atoms with E-state index in [1.807, 2.05) is 0 Å². The van der Waals surface area contributed by atoms with Gasteiger partial charge in [0.1, 0.15) is 0 Å². The van der Waals surface area contributed by atoms with Crippen molar-refractivity contribution in [2.24, 2.45) is 5.92 Å². The molecule has 8 nitrogen and oxygen atoms in total. The Labute approximate surface area is 163 Å². The van der Waals surface area contributed by atoms with Crippen molar-refractivity contribution >= 4 is 17.7 Å². The van der Waals surface area contributed by atoms with Gasteiger partial charge in [-0.15, -0.1) is 0 Å². The normalized spacial score (nSPS) is 12.8. The summed E-state index contributed by atoms with van der Waals surface area (Å²) >= 11 is 0. The summed E-state index contributed by atoms with van der Waals surface area (Å²) in [5.74, 6) is 8.33. The summed E-state index contributed by atoms with van der Waals surface area (Å²) < 4.78 is 0. The predicted octanol–water partition coefficient (Wildman–Crippen LogP) is -0.248. The molecule has 0 heterocycles. The van der Waals surface area contributed by atoms with Gasteiger partial charge in [-0.25, -0.2) is 5.48 Å². The van der Waals surface area contributed by atoms with Crippen molar-refractivity contribution in [2.45, 2.75) is 19.4 Å². The topological polar surface area (TPSA) is 119 Å². The maximum atomic E-state index is 12.7. The Morgan fingerprint density at radius 2 is 1.79 bits per heavy atom. The fourth-order valence-corrected chi connectivity index (χ4v) is 2.16. The van der Waals surface area contributed by atoms with E-state index in [1.165, 1.54) is 38.6 Å². The second-order valence-corrected chi connectivity index (χ2v) is 6.14. The third-order valence-electron chi connectivity index (χ3n) is 4.18. The van der Waals surface area contributed by atoms with Crippen LogP contribution in [0.3, 0.4) is 0 Å². The van der Waals surface area contributed by atoms with E-state index < -0.39 is 23.3 Å². The fraction of sp³-hybridized carbons (Fsp3) is 0.350. The first-order valence-electron chi connectivity index (χ1n) is 8.39. The van der Waals surface area contributed by atoms with Gasteiger partial charge in [0.15, 0.2) is 5.54 Å². The molecule has 8 heteroatoms. The van der Waals surface area contributed by atoms with Crippen LogP contribution in [0.15, 0.2) is 24.3 Å². The number of hydroxylamine groups is 1. The average molecular weight is 385 g/mol. The molecular formula is C20H23N3O5. The number of likely N-dealkylation sites (N-methyl/N-ethyl adjacent to an activating group) is 2. The van der Waals surface area contributed by atoms with Gasteiger partial charge in [-0.2, -0.15) is 0 Å². The van der Waals surface area contributed by atoms with Crippen LogP contribution in [-0.4, -0.2) is 59.2 Å². The predicted molar refractivity (Wildman–Crippen MR) is 102 cm³/mol. The highest BCUT2D eigenvalue weighted by Gasteiger charge is 2.47. The zero-order valence-electron chi connectivity index (χ0n) is 16.2. The van der Waals surface area contributed by atoms with Crippen LogP contribution < -0.4 is 10.8 Å². The number of nitrogens with zero attached hydrogens (tertiary/aromatic N) is 1. The van der Waals surface area contributed by atoms with E-state index in [0.717, 1.165) is 4.90 Å². The van der Waals surface area contributed by atoms with E-state index in [-0.39, 0.29) is 18.1 Å². The number of hydrogen-bond donors (Lipinski definition) is 4. The van der Waals surface area contributed by atoms with Gasteiger partial charge >= 0.3 is 0 Å². The maximum Gasteiger partial charge on any atom is 0.278 e. The molecule has 0 saturated heterocycles. The number of hydrogen-bond acceptors (Lipinski definition) is 5. The van der Waals surface area contributed by atoms with E-state index in [9.17, 15) is 14.4 Å². The van der Waals surface area contributed by atoms with E-state index >= 15 is 0 Å². The van der Waals surface area contributed by atoms with Crippen LogP contribution in [0, 0.1) is 29.6 Å². The molecule has 2 unspecified atom stereocenters. The van der Waals surface area contributed by atoms with Crippen LogP contribution in [0.5, 0.6) is 0 Å². The number of benzene rings is 1. The van der Waals surface area contributed by atoms with Crippen molar-refractivity contribution in [3.05, 3.63) is 35.4 Å². The number of aliphatic hydroxyl groups is 1. The van der Waals surface area contributed by atoms with Gasteiger partial charge in [-0.05, 0) is 50.0 Å². The van der Waals surface area contributed by atoms with Gasteiger partial charge < -0.3 is 15.3 Å². The molecule has 2 atom stereocenters. The molecule has 4 N–H and O–H groups in total. The average Bonchev–Trinajstić information content (AvgIpc) is 2.73. The lowest BCUT2D eigenvalue weighted by Crippen LogP contribution is -2.64. The first-order valence-corrected chi connectivity index (χ1v) is 8.39. The third kappa shape index (κ3) is 5.10. The van der Waals surface area contributed by atoms with E-state index in [1.54, 1.807) is 19.1 Å². The molecule has 0 bridgehead atoms. The van der Waals surface area contributed by atoms with Crippen molar-refractivity contribution in [2.75, 3.05) is 20.7 Å². The van der Waals surface area contributed by atoms with Gasteiger partial charge in [0.2, 0.25) is 0 Å². The summed E-state index contributed by atoms with van der Waals surface area (Å²) in [6, 6.07) is 6.23. The highest BCUT2D eigenvalue weighted by atomic mass is 16.5. The fourth-order valence-electron chi connectivity index (χ4n) is 2.16. The minimum absolute atomic E-state index is 0.0394. The largest absolute Gasteiger partial charge is 0.395 e. The Balaban J connectivity index is 3.06. The Bertz CT molecular complexity index is 840. The highest BCUT2D eigenvalue weighted by molar-refractivity contribution is 6.12. The lowest BCUT2D eigenvalue weighted by Gasteiger charge is -2.34. The minimum atomic E-state index is -1.95. The lowest BCUT2D eigenvalue weighted by atomic mass is 9.96. The standard InChI is InChI=1S/C20H23N3O5/c1-14(13-24)7-5-6-8-15-9-11-16(12-10-15)17(25)23(4)20(2,18(26)21-3)19(27)22-28/h9-12,14,24,28H,13H2,1-4H3,(H,21,26)(H,22,27). The van der Waals surface area contributed by atoms with E-state index in [2.05, 4.69) is 29.0 Å². The second kappa shape index (κ2) is 10.1. The molecule has 1 rings (SSSR count). The number of carbonyl (C=O) groups is 3. The minimum Gasteiger partial charge on any atom is -0.395 e. The summed E-state index contributed by atoms with van der Waals surface area (Å²) in [5.41, 5.74) is 0.319. The van der Waals surface area contributed by atoms with Gasteiger partial charge in [-0.1, -0.05) is 11.8 Å². The SMILES string of the molecule is CNC(=O)C(C)(C(=O)NO)N(C)C(=O)c1ccc(C#CC#CC(C)CO)cc1. The number of nitrogens with one attached hydrogen (secondary N) is 2. The molecule has 0 saturated carbocycles. The summed E-state index contributed by atoms with van der Waals surface area (Å²) in [6.45, 7) is 2.96. The molecule has 0 aliphatic heterocycles. The Kier molecular flexibility index (Phi) is 8.21. The van der Waals surface area contributed by atoms with Gasteiger partial charge in [0.05, 0.1) is 6.61 Å². The second-order valence-electron chi connectivity index (χ2n) is 6.14. The summed E-state index contributed by atoms with van der Waals surface area (Å²) in [4.78, 5) is 37.8. The molecule has 0 aromatic heterocycles. The Morgan fingerprint density at radius 1 is 1.18 bits per heavy atom. The summed E-state index contributed by atoms with van der Waals surface area (Å²) in [5, 5.41) is 20.1. The molecule has 0 radical (unpaired) electrons. The van der Waals surface area contributed by atoms with Gasteiger partial charge in [0, 0.05) is 31.1 Å². The van der Waals surface area contributed by atoms with E-state index in [0.29, 0.717) is 5.56 Å². The van der Waals surface area contributed by atoms with Crippen molar-refractivity contribution < 1.29 is 24.7 Å². The monoisotopic (exact) mass is 385 g/mol. The van der Waals surface area contributed by atoms with Crippen molar-refractivity contribution in [1.82, 2.24) is 15.7 Å². The summed E-state index contributed by atoms with van der Waals surface area (Å²) in [6.07, 6.45) is 0. The van der Waals surface area contributed by atoms with Crippen molar-refractivity contribution in [3.63, 3.8) is 0 Å².